The first kappa shape index (κ1) is 11.2. The van der Waals surface area contributed by atoms with Crippen LogP contribution in [0.3, 0.4) is 0 Å². The van der Waals surface area contributed by atoms with Gasteiger partial charge in [0.2, 0.25) is 11.1 Å². The Morgan fingerprint density at radius 1 is 1.50 bits per heavy atom. The summed E-state index contributed by atoms with van der Waals surface area (Å²) in [5.74, 6) is 0. The standard InChI is InChI=1S/C6H7F3N2O2S/c1-3-4(6(7,8)9)10-11(2)5(3)14(12)13/h1-2H3,(H,12,13). The van der Waals surface area contributed by atoms with E-state index in [1.807, 2.05) is 0 Å². The van der Waals surface area contributed by atoms with E-state index in [9.17, 15) is 17.4 Å². The predicted molar refractivity (Wildman–Crippen MR) is 42.0 cm³/mol. The van der Waals surface area contributed by atoms with Crippen LogP contribution in [0.2, 0.25) is 0 Å². The molecule has 0 radical (unpaired) electrons. The lowest BCUT2D eigenvalue weighted by molar-refractivity contribution is -0.141. The van der Waals surface area contributed by atoms with Crippen molar-refractivity contribution in [1.29, 1.82) is 0 Å². The lowest BCUT2D eigenvalue weighted by Crippen LogP contribution is -2.08. The summed E-state index contributed by atoms with van der Waals surface area (Å²) in [6, 6.07) is 0. The summed E-state index contributed by atoms with van der Waals surface area (Å²) in [6.45, 7) is 1.11. The molecule has 0 amide bonds. The number of rotatable bonds is 1. The molecule has 0 bridgehead atoms. The molecule has 1 aromatic rings. The van der Waals surface area contributed by atoms with Crippen LogP contribution in [0.15, 0.2) is 5.03 Å². The first-order valence-corrected chi connectivity index (χ1v) is 4.57. The fraction of sp³-hybridized carbons (Fsp3) is 0.500. The van der Waals surface area contributed by atoms with E-state index in [-0.39, 0.29) is 10.6 Å². The number of hydrogen-bond acceptors (Lipinski definition) is 2. The maximum atomic E-state index is 12.2. The Labute approximate surface area is 80.0 Å². The van der Waals surface area contributed by atoms with Crippen LogP contribution in [0.4, 0.5) is 13.2 Å². The van der Waals surface area contributed by atoms with Crippen molar-refractivity contribution >= 4 is 11.1 Å². The summed E-state index contributed by atoms with van der Waals surface area (Å²) in [7, 11) is 1.19. The van der Waals surface area contributed by atoms with Crippen LogP contribution in [0, 0.1) is 6.92 Å². The highest BCUT2D eigenvalue weighted by Crippen LogP contribution is 2.32. The number of aryl methyl sites for hydroxylation is 1. The minimum atomic E-state index is -4.60. The van der Waals surface area contributed by atoms with Gasteiger partial charge in [-0.3, -0.25) is 4.68 Å². The Morgan fingerprint density at radius 2 is 2.00 bits per heavy atom. The minimum absolute atomic E-state index is 0.319. The average molecular weight is 228 g/mol. The van der Waals surface area contributed by atoms with Gasteiger partial charge in [-0.05, 0) is 6.92 Å². The monoisotopic (exact) mass is 228 g/mol. The second kappa shape index (κ2) is 3.35. The van der Waals surface area contributed by atoms with Gasteiger partial charge in [-0.25, -0.2) is 4.21 Å². The second-order valence-corrected chi connectivity index (χ2v) is 3.53. The zero-order valence-electron chi connectivity index (χ0n) is 7.29. The van der Waals surface area contributed by atoms with E-state index < -0.39 is 23.0 Å². The summed E-state index contributed by atoms with van der Waals surface area (Å²) in [4.78, 5) is 0. The Morgan fingerprint density at radius 3 is 2.21 bits per heavy atom. The zero-order valence-corrected chi connectivity index (χ0v) is 8.11. The smallest absolute Gasteiger partial charge is 0.301 e. The Kier molecular flexibility index (Phi) is 2.68. The fourth-order valence-corrected chi connectivity index (χ4v) is 1.75. The molecular weight excluding hydrogens is 221 g/mol. The number of alkyl halides is 3. The van der Waals surface area contributed by atoms with Gasteiger partial charge in [0.1, 0.15) is 0 Å². The maximum Gasteiger partial charge on any atom is 0.435 e. The Bertz CT molecular complexity index is 385. The van der Waals surface area contributed by atoms with Crippen molar-refractivity contribution in [1.82, 2.24) is 9.78 Å². The molecule has 0 spiro atoms. The highest BCUT2D eigenvalue weighted by molar-refractivity contribution is 7.79. The molecule has 0 saturated carbocycles. The van der Waals surface area contributed by atoms with Gasteiger partial charge in [0.05, 0.1) is 0 Å². The topological polar surface area (TPSA) is 55.1 Å². The molecule has 0 saturated heterocycles. The third-order valence-electron chi connectivity index (χ3n) is 1.65. The van der Waals surface area contributed by atoms with Crippen LogP contribution in [0.5, 0.6) is 0 Å². The molecule has 8 heteroatoms. The first-order chi connectivity index (χ1) is 6.25. The Balaban J connectivity index is 3.39. The van der Waals surface area contributed by atoms with E-state index >= 15 is 0 Å². The molecule has 4 nitrogen and oxygen atoms in total. The lowest BCUT2D eigenvalue weighted by Gasteiger charge is -2.02. The van der Waals surface area contributed by atoms with Crippen molar-refractivity contribution in [3.63, 3.8) is 0 Å². The molecule has 1 unspecified atom stereocenters. The SMILES string of the molecule is Cc1c(C(F)(F)F)nn(C)c1S(=O)O. The first-order valence-electron chi connectivity index (χ1n) is 3.46. The molecule has 0 aromatic carbocycles. The molecular formula is C6H7F3N2O2S. The van der Waals surface area contributed by atoms with E-state index in [0.717, 1.165) is 11.6 Å². The van der Waals surface area contributed by atoms with Gasteiger partial charge in [0.25, 0.3) is 0 Å². The highest BCUT2D eigenvalue weighted by atomic mass is 32.2. The molecule has 80 valence electrons. The summed E-state index contributed by atoms with van der Waals surface area (Å²) < 4.78 is 56.9. The van der Waals surface area contributed by atoms with E-state index in [0.29, 0.717) is 0 Å². The number of aromatic nitrogens is 2. The van der Waals surface area contributed by atoms with Gasteiger partial charge in [-0.2, -0.15) is 18.3 Å². The minimum Gasteiger partial charge on any atom is -0.301 e. The van der Waals surface area contributed by atoms with Crippen molar-refractivity contribution < 1.29 is 21.9 Å². The van der Waals surface area contributed by atoms with Crippen molar-refractivity contribution in [2.45, 2.75) is 18.1 Å². The molecule has 0 fully saturated rings. The average Bonchev–Trinajstić information content (AvgIpc) is 2.24. The predicted octanol–water partition coefficient (Wildman–Crippen LogP) is 1.33. The van der Waals surface area contributed by atoms with Crippen molar-refractivity contribution in [2.75, 3.05) is 0 Å². The van der Waals surface area contributed by atoms with Gasteiger partial charge in [-0.15, -0.1) is 0 Å². The molecule has 1 aromatic heterocycles. The van der Waals surface area contributed by atoms with Crippen LogP contribution >= 0.6 is 0 Å². The van der Waals surface area contributed by atoms with Crippen LogP contribution in [0.1, 0.15) is 11.3 Å². The van der Waals surface area contributed by atoms with Crippen LogP contribution in [0.25, 0.3) is 0 Å². The van der Waals surface area contributed by atoms with Gasteiger partial charge in [0, 0.05) is 12.6 Å². The summed E-state index contributed by atoms with van der Waals surface area (Å²) >= 11 is -2.47. The summed E-state index contributed by atoms with van der Waals surface area (Å²) in [5, 5.41) is 2.81. The molecule has 0 aliphatic carbocycles. The largest absolute Gasteiger partial charge is 0.435 e. The van der Waals surface area contributed by atoms with Gasteiger partial charge in [-0.1, -0.05) is 0 Å². The quantitative estimate of drug-likeness (QED) is 0.738. The van der Waals surface area contributed by atoms with Crippen molar-refractivity contribution in [2.24, 2.45) is 7.05 Å². The molecule has 0 aliphatic heterocycles. The third-order valence-corrected chi connectivity index (χ3v) is 2.56. The number of nitrogens with zero attached hydrogens (tertiary/aromatic N) is 2. The van der Waals surface area contributed by atoms with Crippen molar-refractivity contribution in [3.05, 3.63) is 11.3 Å². The van der Waals surface area contributed by atoms with Crippen LogP contribution in [-0.4, -0.2) is 18.5 Å². The van der Waals surface area contributed by atoms with Crippen molar-refractivity contribution in [3.8, 4) is 0 Å². The molecule has 1 N–H and O–H groups in total. The number of hydrogen-bond donors (Lipinski definition) is 1. The maximum absolute atomic E-state index is 12.2. The third kappa shape index (κ3) is 1.80. The van der Waals surface area contributed by atoms with E-state index in [1.165, 1.54) is 7.05 Å². The molecule has 1 heterocycles. The molecule has 1 atom stereocenters. The van der Waals surface area contributed by atoms with E-state index in [2.05, 4.69) is 5.10 Å². The lowest BCUT2D eigenvalue weighted by atomic mass is 10.3. The zero-order chi connectivity index (χ0) is 11.1. The molecule has 1 rings (SSSR count). The normalized spacial score (nSPS) is 14.4. The van der Waals surface area contributed by atoms with Gasteiger partial charge >= 0.3 is 6.18 Å². The van der Waals surface area contributed by atoms with E-state index in [4.69, 9.17) is 4.55 Å². The van der Waals surface area contributed by atoms with Crippen LogP contribution in [-0.2, 0) is 24.3 Å². The fourth-order valence-electron chi connectivity index (χ4n) is 1.13. The highest BCUT2D eigenvalue weighted by Gasteiger charge is 2.38. The van der Waals surface area contributed by atoms with Crippen LogP contribution < -0.4 is 0 Å². The summed E-state index contributed by atoms with van der Waals surface area (Å²) in [6.07, 6.45) is -4.60. The van der Waals surface area contributed by atoms with E-state index in [1.54, 1.807) is 0 Å². The Hall–Kier alpha value is -0.890. The van der Waals surface area contributed by atoms with Gasteiger partial charge in [0.15, 0.2) is 10.7 Å². The number of halogens is 3. The van der Waals surface area contributed by atoms with Gasteiger partial charge < -0.3 is 4.55 Å². The summed E-state index contributed by atoms with van der Waals surface area (Å²) in [5.41, 5.74) is -1.45. The second-order valence-electron chi connectivity index (χ2n) is 2.65. The molecule has 0 aliphatic rings. The molecule has 14 heavy (non-hydrogen) atoms.